The van der Waals surface area contributed by atoms with Crippen LogP contribution in [0, 0.1) is 0 Å². The van der Waals surface area contributed by atoms with E-state index in [1.54, 1.807) is 0 Å². The van der Waals surface area contributed by atoms with Crippen LogP contribution in [-0.2, 0) is 0 Å². The van der Waals surface area contributed by atoms with Crippen molar-refractivity contribution in [2.75, 3.05) is 0 Å². The van der Waals surface area contributed by atoms with E-state index < -0.39 is 0 Å². The molecule has 0 spiro atoms. The van der Waals surface area contributed by atoms with Crippen LogP contribution < -0.4 is 0 Å². The van der Waals surface area contributed by atoms with Crippen LogP contribution in [0.1, 0.15) is 35.7 Å². The lowest BCUT2D eigenvalue weighted by molar-refractivity contribution is 0.112. The van der Waals surface area contributed by atoms with E-state index >= 15 is 0 Å². The van der Waals surface area contributed by atoms with Crippen LogP contribution in [0.2, 0.25) is 0 Å². The molecule has 2 aromatic carbocycles. The predicted molar refractivity (Wildman–Crippen MR) is 63.4 cm³/mol. The lowest BCUT2D eigenvalue weighted by Gasteiger charge is -2.12. The summed E-state index contributed by atoms with van der Waals surface area (Å²) in [4.78, 5) is 11.0. The third-order valence-electron chi connectivity index (χ3n) is 2.71. The van der Waals surface area contributed by atoms with E-state index in [0.717, 1.165) is 17.4 Å². The number of aldehydes is 1. The highest BCUT2D eigenvalue weighted by atomic mass is 16.1. The van der Waals surface area contributed by atoms with E-state index in [2.05, 4.69) is 26.0 Å². The summed E-state index contributed by atoms with van der Waals surface area (Å²) in [7, 11) is 0. The molecule has 0 fully saturated rings. The summed E-state index contributed by atoms with van der Waals surface area (Å²) < 4.78 is 0. The Labute approximate surface area is 89.7 Å². The quantitative estimate of drug-likeness (QED) is 0.671. The van der Waals surface area contributed by atoms with E-state index in [9.17, 15) is 4.79 Å². The van der Waals surface area contributed by atoms with Gasteiger partial charge in [-0.15, -0.1) is 0 Å². The minimum Gasteiger partial charge on any atom is -0.298 e. The maximum absolute atomic E-state index is 11.0. The van der Waals surface area contributed by atoms with Crippen LogP contribution in [-0.4, -0.2) is 6.29 Å². The molecule has 0 atom stereocenters. The lowest BCUT2D eigenvalue weighted by atomic mass is 9.92. The van der Waals surface area contributed by atoms with Crippen LogP contribution in [0.5, 0.6) is 0 Å². The summed E-state index contributed by atoms with van der Waals surface area (Å²) in [6.45, 7) is 4.24. The van der Waals surface area contributed by atoms with E-state index in [0.29, 0.717) is 5.92 Å². The molecule has 0 radical (unpaired) electrons. The van der Waals surface area contributed by atoms with Gasteiger partial charge in [0, 0.05) is 5.56 Å². The third kappa shape index (κ3) is 1.65. The van der Waals surface area contributed by atoms with Crippen molar-refractivity contribution in [3.8, 4) is 0 Å². The van der Waals surface area contributed by atoms with Gasteiger partial charge in [0.05, 0.1) is 0 Å². The third-order valence-corrected chi connectivity index (χ3v) is 2.71. The molecular formula is C14H14O. The second-order valence-electron chi connectivity index (χ2n) is 4.06. The highest BCUT2D eigenvalue weighted by Gasteiger charge is 2.09. The standard InChI is InChI=1S/C14H14O/c1-10(2)14-12(9-15)8-7-11-5-3-4-6-13(11)14/h3-10H,1-2H3. The smallest absolute Gasteiger partial charge is 0.150 e. The molecule has 0 N–H and O–H groups in total. The van der Waals surface area contributed by atoms with Gasteiger partial charge in [-0.3, -0.25) is 4.79 Å². The van der Waals surface area contributed by atoms with E-state index in [1.165, 1.54) is 10.8 Å². The normalized spacial score (nSPS) is 10.9. The summed E-state index contributed by atoms with van der Waals surface area (Å²) >= 11 is 0. The summed E-state index contributed by atoms with van der Waals surface area (Å²) in [6.07, 6.45) is 0.946. The SMILES string of the molecule is CC(C)c1c(C=O)ccc2ccccc12. The van der Waals surface area contributed by atoms with Crippen molar-refractivity contribution < 1.29 is 4.79 Å². The molecule has 0 amide bonds. The second kappa shape index (κ2) is 3.85. The largest absolute Gasteiger partial charge is 0.298 e. The Bertz CT molecular complexity index is 498. The van der Waals surface area contributed by atoms with Gasteiger partial charge >= 0.3 is 0 Å². The van der Waals surface area contributed by atoms with Gasteiger partial charge in [0.2, 0.25) is 0 Å². The summed E-state index contributed by atoms with van der Waals surface area (Å²) in [6, 6.07) is 12.1. The van der Waals surface area contributed by atoms with Crippen LogP contribution in [0.3, 0.4) is 0 Å². The van der Waals surface area contributed by atoms with Gasteiger partial charge in [-0.25, -0.2) is 0 Å². The number of fused-ring (bicyclic) bond motifs is 1. The summed E-state index contributed by atoms with van der Waals surface area (Å²) in [5.41, 5.74) is 1.96. The number of carbonyl (C=O) groups is 1. The summed E-state index contributed by atoms with van der Waals surface area (Å²) in [5.74, 6) is 0.372. The van der Waals surface area contributed by atoms with Crippen molar-refractivity contribution in [2.24, 2.45) is 0 Å². The first kappa shape index (κ1) is 9.91. The topological polar surface area (TPSA) is 17.1 Å². The molecule has 1 heteroatoms. The van der Waals surface area contributed by atoms with Crippen LogP contribution in [0.15, 0.2) is 36.4 Å². The first-order valence-corrected chi connectivity index (χ1v) is 5.21. The fraction of sp³-hybridized carbons (Fsp3) is 0.214. The van der Waals surface area contributed by atoms with Gasteiger partial charge in [-0.05, 0) is 22.3 Å². The molecule has 2 aromatic rings. The molecule has 0 saturated carbocycles. The van der Waals surface area contributed by atoms with Crippen LogP contribution >= 0.6 is 0 Å². The second-order valence-corrected chi connectivity index (χ2v) is 4.06. The maximum atomic E-state index is 11.0. The Kier molecular flexibility index (Phi) is 2.55. The maximum Gasteiger partial charge on any atom is 0.150 e. The van der Waals surface area contributed by atoms with Gasteiger partial charge in [0.15, 0.2) is 0 Å². The van der Waals surface area contributed by atoms with Gasteiger partial charge in [-0.2, -0.15) is 0 Å². The van der Waals surface area contributed by atoms with Crippen molar-refractivity contribution in [3.05, 3.63) is 47.5 Å². The van der Waals surface area contributed by atoms with Gasteiger partial charge in [0.25, 0.3) is 0 Å². The molecule has 15 heavy (non-hydrogen) atoms. The van der Waals surface area contributed by atoms with Gasteiger partial charge in [0.1, 0.15) is 6.29 Å². The van der Waals surface area contributed by atoms with E-state index in [1.807, 2.05) is 24.3 Å². The summed E-state index contributed by atoms with van der Waals surface area (Å²) in [5, 5.41) is 2.39. The minimum atomic E-state index is 0.372. The highest BCUT2D eigenvalue weighted by molar-refractivity contribution is 5.93. The number of carbonyl (C=O) groups excluding carboxylic acids is 1. The minimum absolute atomic E-state index is 0.372. The molecular weight excluding hydrogens is 184 g/mol. The molecule has 0 bridgehead atoms. The average molecular weight is 198 g/mol. The van der Waals surface area contributed by atoms with Gasteiger partial charge in [-0.1, -0.05) is 50.2 Å². The first-order chi connectivity index (χ1) is 7.24. The molecule has 0 aliphatic rings. The number of benzene rings is 2. The Balaban J connectivity index is 2.84. The Morgan fingerprint density at radius 3 is 2.47 bits per heavy atom. The zero-order valence-corrected chi connectivity index (χ0v) is 9.03. The Morgan fingerprint density at radius 1 is 1.07 bits per heavy atom. The zero-order chi connectivity index (χ0) is 10.8. The Hall–Kier alpha value is -1.63. The predicted octanol–water partition coefficient (Wildman–Crippen LogP) is 3.78. The number of rotatable bonds is 2. The Morgan fingerprint density at radius 2 is 1.80 bits per heavy atom. The molecule has 1 nitrogen and oxygen atoms in total. The fourth-order valence-corrected chi connectivity index (χ4v) is 2.06. The molecule has 0 aliphatic carbocycles. The molecule has 0 heterocycles. The van der Waals surface area contributed by atoms with Gasteiger partial charge < -0.3 is 0 Å². The monoisotopic (exact) mass is 198 g/mol. The zero-order valence-electron chi connectivity index (χ0n) is 9.03. The molecule has 0 saturated heterocycles. The van der Waals surface area contributed by atoms with E-state index in [-0.39, 0.29) is 0 Å². The number of hydrogen-bond acceptors (Lipinski definition) is 1. The van der Waals surface area contributed by atoms with Crippen molar-refractivity contribution in [3.63, 3.8) is 0 Å². The van der Waals surface area contributed by atoms with Crippen LogP contribution in [0.4, 0.5) is 0 Å². The van der Waals surface area contributed by atoms with Crippen molar-refractivity contribution in [1.29, 1.82) is 0 Å². The highest BCUT2D eigenvalue weighted by Crippen LogP contribution is 2.27. The molecule has 0 aromatic heterocycles. The van der Waals surface area contributed by atoms with Crippen molar-refractivity contribution in [2.45, 2.75) is 19.8 Å². The molecule has 76 valence electrons. The first-order valence-electron chi connectivity index (χ1n) is 5.21. The average Bonchev–Trinajstić information content (AvgIpc) is 2.27. The van der Waals surface area contributed by atoms with Crippen LogP contribution in [0.25, 0.3) is 10.8 Å². The van der Waals surface area contributed by atoms with Crippen molar-refractivity contribution >= 4 is 17.1 Å². The lowest BCUT2D eigenvalue weighted by Crippen LogP contribution is -1.96. The molecule has 2 rings (SSSR count). The molecule has 0 unspecified atom stereocenters. The molecule has 0 aliphatic heterocycles. The number of hydrogen-bond donors (Lipinski definition) is 0. The fourth-order valence-electron chi connectivity index (χ4n) is 2.06. The van der Waals surface area contributed by atoms with E-state index in [4.69, 9.17) is 0 Å². The van der Waals surface area contributed by atoms with Crippen molar-refractivity contribution in [1.82, 2.24) is 0 Å².